The number of aliphatic imine (C=N–C) groups is 1. The second-order valence-electron chi connectivity index (χ2n) is 1.87. The summed E-state index contributed by atoms with van der Waals surface area (Å²) in [4.78, 5) is 4.93. The maximum Gasteiger partial charge on any atom is 0.208 e. The van der Waals surface area contributed by atoms with Crippen LogP contribution in [0.4, 0.5) is 0 Å². The molecule has 0 aliphatic rings. The molecule has 0 saturated carbocycles. The standard InChI is InChI=1S/C7H7N5S/c1-13-7(11-6-10)12(4-2-8)5-3-9/h4-5H2,1H3. The summed E-state index contributed by atoms with van der Waals surface area (Å²) >= 11 is 1.23. The first-order valence-electron chi connectivity index (χ1n) is 3.29. The monoisotopic (exact) mass is 193 g/mol. The van der Waals surface area contributed by atoms with Gasteiger partial charge in [-0.15, -0.1) is 4.99 Å². The van der Waals surface area contributed by atoms with Gasteiger partial charge in [0.05, 0.1) is 12.1 Å². The average Bonchev–Trinajstić information content (AvgIpc) is 2.14. The Balaban J connectivity index is 4.54. The van der Waals surface area contributed by atoms with Crippen molar-refractivity contribution in [2.24, 2.45) is 4.99 Å². The van der Waals surface area contributed by atoms with Gasteiger partial charge in [-0.25, -0.2) is 0 Å². The molecule has 0 spiro atoms. The van der Waals surface area contributed by atoms with Gasteiger partial charge in [0.25, 0.3) is 0 Å². The van der Waals surface area contributed by atoms with Crippen LogP contribution in [0.25, 0.3) is 0 Å². The first-order valence-corrected chi connectivity index (χ1v) is 4.52. The zero-order valence-corrected chi connectivity index (χ0v) is 7.88. The molecule has 0 saturated heterocycles. The lowest BCUT2D eigenvalue weighted by Crippen LogP contribution is -2.29. The Morgan fingerprint density at radius 2 is 1.85 bits per heavy atom. The summed E-state index contributed by atoms with van der Waals surface area (Å²) < 4.78 is 0. The lowest BCUT2D eigenvalue weighted by Gasteiger charge is -2.16. The minimum atomic E-state index is 0.0644. The minimum Gasteiger partial charge on any atom is -0.324 e. The highest BCUT2D eigenvalue weighted by Gasteiger charge is 2.08. The molecule has 0 aliphatic carbocycles. The number of amidine groups is 1. The van der Waals surface area contributed by atoms with Crippen molar-refractivity contribution >= 4 is 16.9 Å². The van der Waals surface area contributed by atoms with Gasteiger partial charge in [0.2, 0.25) is 6.19 Å². The van der Waals surface area contributed by atoms with E-state index in [1.165, 1.54) is 16.7 Å². The molecule has 0 aromatic rings. The second-order valence-corrected chi connectivity index (χ2v) is 2.64. The molecule has 0 atom stereocenters. The Bertz CT molecular complexity index is 286. The molecule has 0 heterocycles. The second kappa shape index (κ2) is 6.97. The van der Waals surface area contributed by atoms with Crippen LogP contribution in [0.15, 0.2) is 4.99 Å². The summed E-state index contributed by atoms with van der Waals surface area (Å²) in [6.45, 7) is 0.129. The third-order valence-corrected chi connectivity index (χ3v) is 1.84. The molecule has 0 fully saturated rings. The largest absolute Gasteiger partial charge is 0.324 e. The molecule has 0 unspecified atom stereocenters. The van der Waals surface area contributed by atoms with E-state index in [0.717, 1.165) is 0 Å². The SMILES string of the molecule is CSC(=NC#N)N(CC#N)CC#N. The van der Waals surface area contributed by atoms with Crippen LogP contribution < -0.4 is 0 Å². The number of hydrogen-bond donors (Lipinski definition) is 0. The Hall–Kier alpha value is -1.71. The predicted octanol–water partition coefficient (Wildman–Crippen LogP) is 0.536. The smallest absolute Gasteiger partial charge is 0.208 e. The lowest BCUT2D eigenvalue weighted by atomic mass is 10.5. The van der Waals surface area contributed by atoms with Crippen LogP contribution in [0.5, 0.6) is 0 Å². The molecule has 0 radical (unpaired) electrons. The van der Waals surface area contributed by atoms with Crippen LogP contribution in [0.3, 0.4) is 0 Å². The van der Waals surface area contributed by atoms with E-state index in [4.69, 9.17) is 15.8 Å². The molecule has 0 aliphatic heterocycles. The van der Waals surface area contributed by atoms with Crippen LogP contribution in [-0.4, -0.2) is 29.4 Å². The van der Waals surface area contributed by atoms with Crippen molar-refractivity contribution in [3.05, 3.63) is 0 Å². The molecule has 0 rings (SSSR count). The third-order valence-electron chi connectivity index (χ3n) is 1.12. The van der Waals surface area contributed by atoms with Gasteiger partial charge in [0.15, 0.2) is 5.17 Å². The first kappa shape index (κ1) is 11.3. The molecular weight excluding hydrogens is 186 g/mol. The summed E-state index contributed by atoms with van der Waals surface area (Å²) in [5, 5.41) is 25.6. The third kappa shape index (κ3) is 4.00. The van der Waals surface area contributed by atoms with Crippen molar-refractivity contribution in [3.63, 3.8) is 0 Å². The predicted molar refractivity (Wildman–Crippen MR) is 49.4 cm³/mol. The van der Waals surface area contributed by atoms with E-state index in [-0.39, 0.29) is 13.1 Å². The molecule has 0 N–H and O–H groups in total. The zero-order valence-electron chi connectivity index (χ0n) is 7.06. The van der Waals surface area contributed by atoms with Crippen molar-refractivity contribution in [3.8, 4) is 18.3 Å². The fourth-order valence-corrected chi connectivity index (χ4v) is 1.17. The van der Waals surface area contributed by atoms with E-state index in [9.17, 15) is 0 Å². The number of hydrogen-bond acceptors (Lipinski definition) is 5. The maximum absolute atomic E-state index is 8.43. The Labute approximate surface area is 80.9 Å². The van der Waals surface area contributed by atoms with Gasteiger partial charge in [-0.1, -0.05) is 11.8 Å². The maximum atomic E-state index is 8.43. The summed E-state index contributed by atoms with van der Waals surface area (Å²) in [5.74, 6) is 0. The normalized spacial score (nSPS) is 9.54. The summed E-state index contributed by atoms with van der Waals surface area (Å²) in [6, 6.07) is 3.79. The molecule has 0 aromatic carbocycles. The van der Waals surface area contributed by atoms with E-state index >= 15 is 0 Å². The van der Waals surface area contributed by atoms with Crippen molar-refractivity contribution in [2.75, 3.05) is 19.3 Å². The molecule has 13 heavy (non-hydrogen) atoms. The highest BCUT2D eigenvalue weighted by Crippen LogP contribution is 2.04. The van der Waals surface area contributed by atoms with Gasteiger partial charge in [-0.3, -0.25) is 0 Å². The van der Waals surface area contributed by atoms with Crippen molar-refractivity contribution < 1.29 is 0 Å². The Morgan fingerprint density at radius 3 is 2.15 bits per heavy atom. The summed E-state index contributed by atoms with van der Waals surface area (Å²) in [6.07, 6.45) is 3.36. The number of nitriles is 3. The van der Waals surface area contributed by atoms with Gasteiger partial charge in [-0.2, -0.15) is 15.8 Å². The average molecular weight is 193 g/mol. The van der Waals surface area contributed by atoms with Crippen LogP contribution >= 0.6 is 11.8 Å². The van der Waals surface area contributed by atoms with Crippen molar-refractivity contribution in [1.82, 2.24) is 4.90 Å². The van der Waals surface area contributed by atoms with Crippen LogP contribution in [0.1, 0.15) is 0 Å². The van der Waals surface area contributed by atoms with E-state index in [1.807, 2.05) is 12.1 Å². The molecule has 66 valence electrons. The number of rotatable bonds is 2. The first-order chi connectivity index (χ1) is 6.29. The fourth-order valence-electron chi connectivity index (χ4n) is 0.650. The van der Waals surface area contributed by atoms with Gasteiger partial charge >= 0.3 is 0 Å². The van der Waals surface area contributed by atoms with Gasteiger partial charge in [-0.05, 0) is 6.26 Å². The van der Waals surface area contributed by atoms with Crippen LogP contribution in [0.2, 0.25) is 0 Å². The fraction of sp³-hybridized carbons (Fsp3) is 0.429. The Kier molecular flexibility index (Phi) is 6.05. The van der Waals surface area contributed by atoms with Crippen LogP contribution in [-0.2, 0) is 0 Å². The number of thioether (sulfide) groups is 1. The van der Waals surface area contributed by atoms with Crippen molar-refractivity contribution in [2.45, 2.75) is 0 Å². The topological polar surface area (TPSA) is 87.0 Å². The van der Waals surface area contributed by atoms with Gasteiger partial charge in [0.1, 0.15) is 13.1 Å². The van der Waals surface area contributed by atoms with Crippen LogP contribution in [0, 0.1) is 34.1 Å². The quantitative estimate of drug-likeness (QED) is 0.276. The van der Waals surface area contributed by atoms with E-state index < -0.39 is 0 Å². The molecular formula is C7H7N5S. The van der Waals surface area contributed by atoms with E-state index in [2.05, 4.69) is 4.99 Å². The minimum absolute atomic E-state index is 0.0644. The molecule has 6 heteroatoms. The lowest BCUT2D eigenvalue weighted by molar-refractivity contribution is 0.534. The Morgan fingerprint density at radius 1 is 1.31 bits per heavy atom. The summed E-state index contributed by atoms with van der Waals surface area (Å²) in [7, 11) is 0. The van der Waals surface area contributed by atoms with E-state index in [1.54, 1.807) is 12.4 Å². The molecule has 0 aromatic heterocycles. The highest BCUT2D eigenvalue weighted by molar-refractivity contribution is 8.13. The summed E-state index contributed by atoms with van der Waals surface area (Å²) in [5.41, 5.74) is 0. The van der Waals surface area contributed by atoms with E-state index in [0.29, 0.717) is 5.17 Å². The highest BCUT2D eigenvalue weighted by atomic mass is 32.2. The number of nitrogens with zero attached hydrogens (tertiary/aromatic N) is 5. The molecule has 0 amide bonds. The van der Waals surface area contributed by atoms with Gasteiger partial charge in [0, 0.05) is 0 Å². The van der Waals surface area contributed by atoms with Crippen molar-refractivity contribution in [1.29, 1.82) is 15.8 Å². The zero-order chi connectivity index (χ0) is 10.1. The molecule has 0 bridgehead atoms. The van der Waals surface area contributed by atoms with Gasteiger partial charge < -0.3 is 4.90 Å². The molecule has 5 nitrogen and oxygen atoms in total.